The maximum Gasteiger partial charge on any atom is 0.135 e. The Morgan fingerprint density at radius 2 is 2.00 bits per heavy atom. The van der Waals surface area contributed by atoms with Gasteiger partial charge in [0.25, 0.3) is 0 Å². The molecule has 2 N–H and O–H groups in total. The van der Waals surface area contributed by atoms with Crippen molar-refractivity contribution in [3.8, 4) is 11.3 Å². The summed E-state index contributed by atoms with van der Waals surface area (Å²) in [7, 11) is 0. The van der Waals surface area contributed by atoms with E-state index in [-0.39, 0.29) is 17.1 Å². The SMILES string of the molecule is C=CCn1cnc(-c2c(F)cccc2F)c1N. The first kappa shape index (κ1) is 11.3. The normalized spacial score (nSPS) is 10.5. The highest BCUT2D eigenvalue weighted by Gasteiger charge is 2.17. The van der Waals surface area contributed by atoms with Gasteiger partial charge in [-0.25, -0.2) is 13.8 Å². The number of hydrogen-bond acceptors (Lipinski definition) is 2. The summed E-state index contributed by atoms with van der Waals surface area (Å²) in [5.41, 5.74) is 5.69. The van der Waals surface area contributed by atoms with Crippen LogP contribution in [0, 0.1) is 11.6 Å². The number of rotatable bonds is 3. The Morgan fingerprint density at radius 3 is 2.59 bits per heavy atom. The van der Waals surface area contributed by atoms with Crippen molar-refractivity contribution in [2.24, 2.45) is 0 Å². The molecule has 0 spiro atoms. The standard InChI is InChI=1S/C12H11F2N3/c1-2-6-17-7-16-11(12(17)15)10-8(13)4-3-5-9(10)14/h2-5,7H,1,6,15H2. The highest BCUT2D eigenvalue weighted by Crippen LogP contribution is 2.29. The molecule has 3 nitrogen and oxygen atoms in total. The molecule has 1 aromatic heterocycles. The predicted molar refractivity (Wildman–Crippen MR) is 62.2 cm³/mol. The first-order valence-electron chi connectivity index (χ1n) is 5.01. The number of nitrogens with two attached hydrogens (primary N) is 1. The lowest BCUT2D eigenvalue weighted by Gasteiger charge is -2.04. The van der Waals surface area contributed by atoms with Crippen LogP contribution in [-0.4, -0.2) is 9.55 Å². The molecule has 2 rings (SSSR count). The fraction of sp³-hybridized carbons (Fsp3) is 0.0833. The molecule has 88 valence electrons. The third-order valence-corrected chi connectivity index (χ3v) is 2.40. The second-order valence-electron chi connectivity index (χ2n) is 3.52. The van der Waals surface area contributed by atoms with E-state index in [1.54, 1.807) is 10.6 Å². The van der Waals surface area contributed by atoms with Crippen LogP contribution in [0.25, 0.3) is 11.3 Å². The maximum atomic E-state index is 13.5. The molecule has 0 amide bonds. The fourth-order valence-corrected chi connectivity index (χ4v) is 1.59. The molecule has 0 saturated carbocycles. The molecule has 0 radical (unpaired) electrons. The quantitative estimate of drug-likeness (QED) is 0.831. The Kier molecular flexibility index (Phi) is 2.91. The van der Waals surface area contributed by atoms with Crippen molar-refractivity contribution < 1.29 is 8.78 Å². The highest BCUT2D eigenvalue weighted by molar-refractivity contribution is 5.71. The zero-order valence-corrected chi connectivity index (χ0v) is 9.03. The number of hydrogen-bond donors (Lipinski definition) is 1. The molecule has 2 aromatic rings. The molecule has 0 atom stereocenters. The van der Waals surface area contributed by atoms with Gasteiger partial charge in [0, 0.05) is 6.54 Å². The minimum Gasteiger partial charge on any atom is -0.383 e. The Morgan fingerprint density at radius 1 is 1.35 bits per heavy atom. The first-order chi connectivity index (χ1) is 8.15. The van der Waals surface area contributed by atoms with Gasteiger partial charge in [-0.05, 0) is 12.1 Å². The van der Waals surface area contributed by atoms with Gasteiger partial charge in [0.15, 0.2) is 0 Å². The van der Waals surface area contributed by atoms with E-state index in [4.69, 9.17) is 5.73 Å². The van der Waals surface area contributed by atoms with Crippen LogP contribution in [0.15, 0.2) is 37.2 Å². The van der Waals surface area contributed by atoms with Crippen molar-refractivity contribution in [2.45, 2.75) is 6.54 Å². The van der Waals surface area contributed by atoms with Gasteiger partial charge in [-0.15, -0.1) is 6.58 Å². The summed E-state index contributed by atoms with van der Waals surface area (Å²) in [5, 5.41) is 0. The van der Waals surface area contributed by atoms with Gasteiger partial charge in [-0.1, -0.05) is 12.1 Å². The zero-order chi connectivity index (χ0) is 12.4. The molecule has 0 saturated heterocycles. The van der Waals surface area contributed by atoms with Crippen LogP contribution < -0.4 is 5.73 Å². The van der Waals surface area contributed by atoms with Crippen molar-refractivity contribution in [2.75, 3.05) is 5.73 Å². The topological polar surface area (TPSA) is 43.8 Å². The molecule has 5 heteroatoms. The fourth-order valence-electron chi connectivity index (χ4n) is 1.59. The van der Waals surface area contributed by atoms with Crippen molar-refractivity contribution in [3.05, 3.63) is 48.8 Å². The number of nitrogen functional groups attached to an aromatic ring is 1. The predicted octanol–water partition coefficient (Wildman–Crippen LogP) is 2.60. The van der Waals surface area contributed by atoms with Crippen molar-refractivity contribution in [1.29, 1.82) is 0 Å². The summed E-state index contributed by atoms with van der Waals surface area (Å²) in [6.07, 6.45) is 3.05. The third kappa shape index (κ3) is 1.91. The summed E-state index contributed by atoms with van der Waals surface area (Å²) in [5.74, 6) is -1.14. The number of aromatic nitrogens is 2. The minimum absolute atomic E-state index is 0.113. The zero-order valence-electron chi connectivity index (χ0n) is 9.03. The van der Waals surface area contributed by atoms with Crippen LogP contribution in [0.3, 0.4) is 0 Å². The number of anilines is 1. The summed E-state index contributed by atoms with van der Waals surface area (Å²) in [6, 6.07) is 3.64. The van der Waals surface area contributed by atoms with E-state index in [0.717, 1.165) is 0 Å². The van der Waals surface area contributed by atoms with Gasteiger partial charge >= 0.3 is 0 Å². The maximum absolute atomic E-state index is 13.5. The van der Waals surface area contributed by atoms with Gasteiger partial charge < -0.3 is 10.3 Å². The van der Waals surface area contributed by atoms with Crippen LogP contribution >= 0.6 is 0 Å². The summed E-state index contributed by atoms with van der Waals surface area (Å²) in [4.78, 5) is 3.94. The number of nitrogens with zero attached hydrogens (tertiary/aromatic N) is 2. The van der Waals surface area contributed by atoms with Crippen LogP contribution in [0.1, 0.15) is 0 Å². The average Bonchev–Trinajstić information content (AvgIpc) is 2.62. The third-order valence-electron chi connectivity index (χ3n) is 2.40. The lowest BCUT2D eigenvalue weighted by molar-refractivity contribution is 0.589. The van der Waals surface area contributed by atoms with Crippen molar-refractivity contribution in [3.63, 3.8) is 0 Å². The number of imidazole rings is 1. The second kappa shape index (κ2) is 4.37. The van der Waals surface area contributed by atoms with Crippen LogP contribution in [0.4, 0.5) is 14.6 Å². The molecular weight excluding hydrogens is 224 g/mol. The van der Waals surface area contributed by atoms with E-state index in [0.29, 0.717) is 6.54 Å². The van der Waals surface area contributed by atoms with E-state index >= 15 is 0 Å². The molecule has 0 fully saturated rings. The molecule has 0 unspecified atom stereocenters. The summed E-state index contributed by atoms with van der Waals surface area (Å²) in [6.45, 7) is 4.00. The first-order valence-corrected chi connectivity index (χ1v) is 5.01. The summed E-state index contributed by atoms with van der Waals surface area (Å²) < 4.78 is 28.7. The molecule has 0 bridgehead atoms. The van der Waals surface area contributed by atoms with Gasteiger partial charge in [0.2, 0.25) is 0 Å². The summed E-state index contributed by atoms with van der Waals surface area (Å²) >= 11 is 0. The van der Waals surface area contributed by atoms with Crippen LogP contribution in [0.5, 0.6) is 0 Å². The molecule has 0 aliphatic rings. The highest BCUT2D eigenvalue weighted by atomic mass is 19.1. The Labute approximate surface area is 97.2 Å². The van der Waals surface area contributed by atoms with Gasteiger partial charge in [-0.3, -0.25) is 0 Å². The van der Waals surface area contributed by atoms with E-state index < -0.39 is 11.6 Å². The lowest BCUT2D eigenvalue weighted by Crippen LogP contribution is -2.01. The largest absolute Gasteiger partial charge is 0.383 e. The van der Waals surface area contributed by atoms with E-state index in [1.165, 1.54) is 24.5 Å². The van der Waals surface area contributed by atoms with E-state index in [2.05, 4.69) is 11.6 Å². The number of allylic oxidation sites excluding steroid dienone is 1. The smallest absolute Gasteiger partial charge is 0.135 e. The lowest BCUT2D eigenvalue weighted by atomic mass is 10.1. The molecule has 0 aliphatic carbocycles. The van der Waals surface area contributed by atoms with E-state index in [9.17, 15) is 8.78 Å². The van der Waals surface area contributed by atoms with Crippen LogP contribution in [0.2, 0.25) is 0 Å². The van der Waals surface area contributed by atoms with Crippen LogP contribution in [-0.2, 0) is 6.54 Å². The van der Waals surface area contributed by atoms with Gasteiger partial charge in [0.1, 0.15) is 23.1 Å². The minimum atomic E-state index is -0.680. The Hall–Kier alpha value is -2.17. The molecule has 1 aromatic carbocycles. The Balaban J connectivity index is 2.57. The number of halogens is 2. The molecule has 1 heterocycles. The monoisotopic (exact) mass is 235 g/mol. The molecular formula is C12H11F2N3. The van der Waals surface area contributed by atoms with Crippen molar-refractivity contribution in [1.82, 2.24) is 9.55 Å². The second-order valence-corrected chi connectivity index (χ2v) is 3.52. The van der Waals surface area contributed by atoms with E-state index in [1.807, 2.05) is 0 Å². The van der Waals surface area contributed by atoms with Crippen molar-refractivity contribution >= 4 is 5.82 Å². The average molecular weight is 235 g/mol. The number of benzene rings is 1. The Bertz CT molecular complexity index is 541. The molecule has 0 aliphatic heterocycles. The van der Waals surface area contributed by atoms with Gasteiger partial charge in [-0.2, -0.15) is 0 Å². The molecule has 17 heavy (non-hydrogen) atoms. The van der Waals surface area contributed by atoms with Gasteiger partial charge in [0.05, 0.1) is 11.9 Å².